The minimum absolute atomic E-state index is 0.0163. The van der Waals surface area contributed by atoms with Crippen LogP contribution in [0.2, 0.25) is 5.02 Å². The minimum Gasteiger partial charge on any atom is -0.359 e. The van der Waals surface area contributed by atoms with Crippen LogP contribution >= 0.6 is 11.6 Å². The summed E-state index contributed by atoms with van der Waals surface area (Å²) in [6.07, 6.45) is 0.433. The van der Waals surface area contributed by atoms with Gasteiger partial charge in [-0.2, -0.15) is 0 Å². The molecule has 3 atom stereocenters. The lowest BCUT2D eigenvalue weighted by Gasteiger charge is -2.19. The van der Waals surface area contributed by atoms with E-state index in [2.05, 4.69) is 17.4 Å². The zero-order valence-corrected chi connectivity index (χ0v) is 13.1. The molecule has 0 bridgehead atoms. The zero-order chi connectivity index (χ0) is 15.5. The van der Waals surface area contributed by atoms with Gasteiger partial charge in [-0.3, -0.25) is 4.79 Å². The molecule has 1 unspecified atom stereocenters. The van der Waals surface area contributed by atoms with E-state index in [0.717, 1.165) is 12.0 Å². The molecule has 4 heteroatoms. The van der Waals surface area contributed by atoms with Crippen LogP contribution in [0, 0.1) is 0 Å². The van der Waals surface area contributed by atoms with Crippen LogP contribution in [0.25, 0.3) is 0 Å². The summed E-state index contributed by atoms with van der Waals surface area (Å²) in [5.41, 5.74) is 2.21. The molecule has 0 spiro atoms. The van der Waals surface area contributed by atoms with Crippen molar-refractivity contribution in [2.75, 3.05) is 0 Å². The van der Waals surface area contributed by atoms with E-state index in [4.69, 9.17) is 16.3 Å². The molecule has 114 valence electrons. The number of rotatable bonds is 5. The van der Waals surface area contributed by atoms with Crippen LogP contribution in [0.5, 0.6) is 0 Å². The van der Waals surface area contributed by atoms with Crippen molar-refractivity contribution in [1.82, 2.24) is 5.32 Å². The Morgan fingerprint density at radius 3 is 2.41 bits per heavy atom. The fourth-order valence-corrected chi connectivity index (χ4v) is 2.64. The van der Waals surface area contributed by atoms with Gasteiger partial charge in [0.1, 0.15) is 0 Å². The summed E-state index contributed by atoms with van der Waals surface area (Å²) >= 11 is 5.95. The monoisotopic (exact) mass is 315 g/mol. The number of ether oxygens (including phenoxy) is 1. The second-order valence-electron chi connectivity index (χ2n) is 5.56. The van der Waals surface area contributed by atoms with Gasteiger partial charge in [0.05, 0.1) is 12.1 Å². The van der Waals surface area contributed by atoms with Crippen molar-refractivity contribution in [3.05, 3.63) is 70.7 Å². The highest BCUT2D eigenvalue weighted by atomic mass is 35.5. The third-order valence-electron chi connectivity index (χ3n) is 3.84. The average Bonchev–Trinajstić information content (AvgIpc) is 3.25. The third-order valence-corrected chi connectivity index (χ3v) is 4.09. The summed E-state index contributed by atoms with van der Waals surface area (Å²) in [7, 11) is 0. The second-order valence-corrected chi connectivity index (χ2v) is 6.00. The highest BCUT2D eigenvalue weighted by Crippen LogP contribution is 2.25. The van der Waals surface area contributed by atoms with Gasteiger partial charge in [0.15, 0.2) is 6.10 Å². The first-order chi connectivity index (χ1) is 10.6. The maximum Gasteiger partial charge on any atom is 0.252 e. The molecule has 0 aliphatic carbocycles. The van der Waals surface area contributed by atoms with Crippen molar-refractivity contribution < 1.29 is 9.53 Å². The Morgan fingerprint density at radius 1 is 1.18 bits per heavy atom. The molecule has 1 fully saturated rings. The number of epoxide rings is 1. The SMILES string of the molecule is C[C@@H]1O[C@H]1C(=O)NC(Cc1ccccc1)c1ccc(Cl)cc1. The summed E-state index contributed by atoms with van der Waals surface area (Å²) in [6.45, 7) is 1.90. The van der Waals surface area contributed by atoms with Gasteiger partial charge in [0.2, 0.25) is 0 Å². The van der Waals surface area contributed by atoms with Gasteiger partial charge in [-0.1, -0.05) is 54.1 Å². The molecule has 2 aromatic carbocycles. The summed E-state index contributed by atoms with van der Waals surface area (Å²) in [5.74, 6) is -0.0524. The smallest absolute Gasteiger partial charge is 0.252 e. The van der Waals surface area contributed by atoms with Crippen molar-refractivity contribution in [2.24, 2.45) is 0 Å². The Kier molecular flexibility index (Phi) is 4.46. The van der Waals surface area contributed by atoms with E-state index in [0.29, 0.717) is 5.02 Å². The fourth-order valence-electron chi connectivity index (χ4n) is 2.51. The van der Waals surface area contributed by atoms with Crippen LogP contribution in [0.3, 0.4) is 0 Å². The largest absolute Gasteiger partial charge is 0.359 e. The van der Waals surface area contributed by atoms with E-state index < -0.39 is 0 Å². The van der Waals surface area contributed by atoms with Crippen molar-refractivity contribution in [2.45, 2.75) is 31.6 Å². The number of halogens is 1. The van der Waals surface area contributed by atoms with Gasteiger partial charge in [0, 0.05) is 5.02 Å². The van der Waals surface area contributed by atoms with Crippen LogP contribution in [-0.2, 0) is 16.0 Å². The molecule has 0 saturated carbocycles. The van der Waals surface area contributed by atoms with Gasteiger partial charge < -0.3 is 10.1 Å². The molecular weight excluding hydrogens is 298 g/mol. The molecule has 1 N–H and O–H groups in total. The highest BCUT2D eigenvalue weighted by molar-refractivity contribution is 6.30. The first kappa shape index (κ1) is 15.1. The average molecular weight is 316 g/mol. The molecular formula is C18H18ClNO2. The maximum absolute atomic E-state index is 12.2. The highest BCUT2D eigenvalue weighted by Gasteiger charge is 2.41. The Hall–Kier alpha value is -1.84. The molecule has 1 aliphatic heterocycles. The number of benzene rings is 2. The summed E-state index contributed by atoms with van der Waals surface area (Å²) in [4.78, 5) is 12.2. The van der Waals surface area contributed by atoms with Gasteiger partial charge in [-0.05, 0) is 36.6 Å². The Labute approximate surface area is 135 Å². The van der Waals surface area contributed by atoms with Crippen LogP contribution < -0.4 is 5.32 Å². The number of carbonyl (C=O) groups is 1. The second kappa shape index (κ2) is 6.51. The predicted octanol–water partition coefficient (Wildman–Crippen LogP) is 3.53. The topological polar surface area (TPSA) is 41.6 Å². The van der Waals surface area contributed by atoms with Gasteiger partial charge in [-0.25, -0.2) is 0 Å². The summed E-state index contributed by atoms with van der Waals surface area (Å²) in [6, 6.07) is 17.6. The number of hydrogen-bond donors (Lipinski definition) is 1. The Bertz CT molecular complexity index is 642. The molecule has 1 aliphatic rings. The molecule has 3 rings (SSSR count). The first-order valence-corrected chi connectivity index (χ1v) is 7.76. The lowest BCUT2D eigenvalue weighted by molar-refractivity contribution is -0.123. The lowest BCUT2D eigenvalue weighted by Crippen LogP contribution is -2.33. The summed E-state index contributed by atoms with van der Waals surface area (Å²) in [5, 5.41) is 3.77. The molecule has 3 nitrogen and oxygen atoms in total. The summed E-state index contributed by atoms with van der Waals surface area (Å²) < 4.78 is 5.25. The van der Waals surface area contributed by atoms with Crippen LogP contribution in [0.1, 0.15) is 24.1 Å². The quantitative estimate of drug-likeness (QED) is 0.858. The number of nitrogens with one attached hydrogen (secondary N) is 1. The first-order valence-electron chi connectivity index (χ1n) is 7.39. The van der Waals surface area contributed by atoms with E-state index in [9.17, 15) is 4.79 Å². The predicted molar refractivity (Wildman–Crippen MR) is 86.8 cm³/mol. The lowest BCUT2D eigenvalue weighted by atomic mass is 9.98. The van der Waals surface area contributed by atoms with Gasteiger partial charge in [0.25, 0.3) is 5.91 Å². The van der Waals surface area contributed by atoms with Crippen LogP contribution in [0.15, 0.2) is 54.6 Å². The third kappa shape index (κ3) is 3.67. The van der Waals surface area contributed by atoms with E-state index in [1.807, 2.05) is 49.4 Å². The van der Waals surface area contributed by atoms with Crippen LogP contribution in [0.4, 0.5) is 0 Å². The van der Waals surface area contributed by atoms with Gasteiger partial charge >= 0.3 is 0 Å². The molecule has 1 heterocycles. The standard InChI is InChI=1S/C18H18ClNO2/c1-12-17(22-12)18(21)20-16(11-13-5-3-2-4-6-13)14-7-9-15(19)10-8-14/h2-10,12,16-17H,11H2,1H3,(H,20,21)/t12-,16?,17+/m0/s1. The molecule has 1 amide bonds. The minimum atomic E-state index is -0.314. The van der Waals surface area contributed by atoms with E-state index in [-0.39, 0.29) is 24.2 Å². The molecule has 0 radical (unpaired) electrons. The number of amides is 1. The van der Waals surface area contributed by atoms with E-state index in [1.165, 1.54) is 5.56 Å². The molecule has 22 heavy (non-hydrogen) atoms. The van der Waals surface area contributed by atoms with E-state index in [1.54, 1.807) is 0 Å². The Balaban J connectivity index is 1.78. The van der Waals surface area contributed by atoms with Crippen molar-refractivity contribution in [1.29, 1.82) is 0 Å². The molecule has 1 saturated heterocycles. The molecule has 0 aromatic heterocycles. The van der Waals surface area contributed by atoms with Crippen molar-refractivity contribution >= 4 is 17.5 Å². The fraction of sp³-hybridized carbons (Fsp3) is 0.278. The van der Waals surface area contributed by atoms with Gasteiger partial charge in [-0.15, -0.1) is 0 Å². The number of carbonyl (C=O) groups excluding carboxylic acids is 1. The van der Waals surface area contributed by atoms with Crippen molar-refractivity contribution in [3.8, 4) is 0 Å². The van der Waals surface area contributed by atoms with E-state index >= 15 is 0 Å². The van der Waals surface area contributed by atoms with Crippen LogP contribution in [-0.4, -0.2) is 18.1 Å². The normalized spacial score (nSPS) is 21.2. The molecule has 2 aromatic rings. The maximum atomic E-state index is 12.2. The number of hydrogen-bond acceptors (Lipinski definition) is 2. The Morgan fingerprint density at radius 2 is 1.82 bits per heavy atom. The van der Waals surface area contributed by atoms with Crippen molar-refractivity contribution in [3.63, 3.8) is 0 Å². The zero-order valence-electron chi connectivity index (χ0n) is 12.3.